The van der Waals surface area contributed by atoms with Crippen molar-refractivity contribution >= 4 is 55.2 Å². The second kappa shape index (κ2) is 5.38. The molecular weight excluding hydrogens is 352 g/mol. The third-order valence-electron chi connectivity index (χ3n) is 5.41. The molecule has 0 amide bonds. The molecule has 0 aliphatic rings. The van der Waals surface area contributed by atoms with Gasteiger partial charge in [-0.1, -0.05) is 66.2 Å². The van der Waals surface area contributed by atoms with Gasteiger partial charge in [0.2, 0.25) is 0 Å². The van der Waals surface area contributed by atoms with E-state index in [1.807, 2.05) is 18.2 Å². The van der Waals surface area contributed by atoms with Gasteiger partial charge in [0.05, 0.1) is 27.3 Å². The van der Waals surface area contributed by atoms with E-state index in [9.17, 15) is 0 Å². The van der Waals surface area contributed by atoms with Gasteiger partial charge in [-0.15, -0.1) is 0 Å². The SMILES string of the molecule is Clc1ccccc1-n1c2ccccc2c2c3[nH]c4ccccc4c3ccc21. The summed E-state index contributed by atoms with van der Waals surface area (Å²) in [6.45, 7) is 0. The maximum atomic E-state index is 6.57. The maximum Gasteiger partial charge on any atom is 0.0648 e. The van der Waals surface area contributed by atoms with Crippen LogP contribution in [0.5, 0.6) is 0 Å². The van der Waals surface area contributed by atoms with Crippen LogP contribution in [0.4, 0.5) is 0 Å². The molecule has 0 spiro atoms. The van der Waals surface area contributed by atoms with Crippen molar-refractivity contribution in [1.29, 1.82) is 0 Å². The van der Waals surface area contributed by atoms with Crippen LogP contribution >= 0.6 is 11.6 Å². The number of rotatable bonds is 1. The van der Waals surface area contributed by atoms with Crippen LogP contribution in [0.15, 0.2) is 84.9 Å². The highest BCUT2D eigenvalue weighted by atomic mass is 35.5. The number of para-hydroxylation sites is 3. The molecule has 2 aromatic heterocycles. The van der Waals surface area contributed by atoms with E-state index in [1.165, 1.54) is 27.1 Å². The molecule has 2 heterocycles. The van der Waals surface area contributed by atoms with Gasteiger partial charge in [0, 0.05) is 27.1 Å². The molecule has 0 unspecified atom stereocenters. The Morgan fingerprint density at radius 2 is 1.37 bits per heavy atom. The van der Waals surface area contributed by atoms with Crippen LogP contribution in [0.1, 0.15) is 0 Å². The summed E-state index contributed by atoms with van der Waals surface area (Å²) in [5, 5.41) is 5.71. The van der Waals surface area contributed by atoms with E-state index >= 15 is 0 Å². The third kappa shape index (κ3) is 1.96. The molecule has 2 nitrogen and oxygen atoms in total. The van der Waals surface area contributed by atoms with E-state index in [4.69, 9.17) is 11.6 Å². The molecule has 0 atom stereocenters. The van der Waals surface area contributed by atoms with Gasteiger partial charge in [-0.05, 0) is 30.3 Å². The van der Waals surface area contributed by atoms with Crippen LogP contribution in [-0.2, 0) is 0 Å². The summed E-state index contributed by atoms with van der Waals surface area (Å²) in [7, 11) is 0. The van der Waals surface area contributed by atoms with Crippen LogP contribution < -0.4 is 0 Å². The normalized spacial score (nSPS) is 11.9. The predicted octanol–water partition coefficient (Wildman–Crippen LogP) is 7.07. The molecule has 1 N–H and O–H groups in total. The number of benzene rings is 4. The van der Waals surface area contributed by atoms with Gasteiger partial charge in [0.25, 0.3) is 0 Å². The number of nitrogens with zero attached hydrogens (tertiary/aromatic N) is 1. The lowest BCUT2D eigenvalue weighted by Crippen LogP contribution is -1.94. The molecule has 0 radical (unpaired) electrons. The standard InChI is InChI=1S/C24H15ClN2/c25-18-9-3-6-12-21(18)27-20-11-5-2-8-17(20)23-22(27)14-13-16-15-7-1-4-10-19(15)26-24(16)23/h1-14,26H. The maximum absolute atomic E-state index is 6.57. The minimum atomic E-state index is 0.747. The van der Waals surface area contributed by atoms with Crippen molar-refractivity contribution in [2.45, 2.75) is 0 Å². The van der Waals surface area contributed by atoms with E-state index in [1.54, 1.807) is 0 Å². The van der Waals surface area contributed by atoms with E-state index in [-0.39, 0.29) is 0 Å². The van der Waals surface area contributed by atoms with Crippen LogP contribution in [0.3, 0.4) is 0 Å². The number of fused-ring (bicyclic) bond motifs is 7. The zero-order valence-electron chi connectivity index (χ0n) is 14.4. The lowest BCUT2D eigenvalue weighted by Gasteiger charge is -2.09. The number of aromatic amines is 1. The van der Waals surface area contributed by atoms with Crippen LogP contribution in [-0.4, -0.2) is 9.55 Å². The Kier molecular flexibility index (Phi) is 2.97. The topological polar surface area (TPSA) is 20.7 Å². The average molecular weight is 367 g/mol. The molecule has 0 saturated carbocycles. The third-order valence-corrected chi connectivity index (χ3v) is 5.73. The lowest BCUT2D eigenvalue weighted by atomic mass is 10.1. The van der Waals surface area contributed by atoms with Gasteiger partial charge in [-0.25, -0.2) is 0 Å². The number of halogens is 1. The molecule has 0 aliphatic carbocycles. The van der Waals surface area contributed by atoms with Gasteiger partial charge in [-0.3, -0.25) is 0 Å². The summed E-state index contributed by atoms with van der Waals surface area (Å²) >= 11 is 6.57. The summed E-state index contributed by atoms with van der Waals surface area (Å²) < 4.78 is 2.26. The quantitative estimate of drug-likeness (QED) is 0.321. The second-order valence-electron chi connectivity index (χ2n) is 6.86. The number of hydrogen-bond donors (Lipinski definition) is 1. The Balaban J connectivity index is 1.89. The highest BCUT2D eigenvalue weighted by Gasteiger charge is 2.17. The summed E-state index contributed by atoms with van der Waals surface area (Å²) in [5.41, 5.74) is 5.65. The van der Waals surface area contributed by atoms with Crippen molar-refractivity contribution in [3.05, 3.63) is 90.0 Å². The van der Waals surface area contributed by atoms with Gasteiger partial charge < -0.3 is 9.55 Å². The summed E-state index contributed by atoms with van der Waals surface area (Å²) in [4.78, 5) is 3.65. The highest BCUT2D eigenvalue weighted by molar-refractivity contribution is 6.33. The average Bonchev–Trinajstić information content (AvgIpc) is 3.24. The first-order valence-electron chi connectivity index (χ1n) is 9.00. The number of H-pyrrole nitrogens is 1. The second-order valence-corrected chi connectivity index (χ2v) is 7.26. The molecule has 6 aromatic rings. The van der Waals surface area contributed by atoms with E-state index in [0.717, 1.165) is 27.3 Å². The van der Waals surface area contributed by atoms with Crippen molar-refractivity contribution in [3.8, 4) is 5.69 Å². The van der Waals surface area contributed by atoms with E-state index in [0.29, 0.717) is 0 Å². The fourth-order valence-corrected chi connectivity index (χ4v) is 4.49. The molecule has 0 saturated heterocycles. The molecule has 128 valence electrons. The molecular formula is C24H15ClN2. The van der Waals surface area contributed by atoms with Crippen molar-refractivity contribution in [3.63, 3.8) is 0 Å². The summed E-state index contributed by atoms with van der Waals surface area (Å²) in [6.07, 6.45) is 0. The van der Waals surface area contributed by atoms with E-state index in [2.05, 4.69) is 76.3 Å². The van der Waals surface area contributed by atoms with Crippen molar-refractivity contribution in [1.82, 2.24) is 9.55 Å². The molecule has 4 aromatic carbocycles. The molecule has 0 bridgehead atoms. The van der Waals surface area contributed by atoms with Gasteiger partial charge in [-0.2, -0.15) is 0 Å². The van der Waals surface area contributed by atoms with Crippen LogP contribution in [0.2, 0.25) is 5.02 Å². The fraction of sp³-hybridized carbons (Fsp3) is 0. The van der Waals surface area contributed by atoms with Crippen LogP contribution in [0, 0.1) is 0 Å². The minimum absolute atomic E-state index is 0.747. The number of nitrogens with one attached hydrogen (secondary N) is 1. The Bertz CT molecular complexity index is 1490. The fourth-order valence-electron chi connectivity index (χ4n) is 4.27. The molecule has 0 fully saturated rings. The summed E-state index contributed by atoms with van der Waals surface area (Å²) in [5.74, 6) is 0. The van der Waals surface area contributed by atoms with Crippen molar-refractivity contribution < 1.29 is 0 Å². The van der Waals surface area contributed by atoms with Gasteiger partial charge in [0.15, 0.2) is 0 Å². The minimum Gasteiger partial charge on any atom is -0.354 e. The monoisotopic (exact) mass is 366 g/mol. The highest BCUT2D eigenvalue weighted by Crippen LogP contribution is 2.39. The molecule has 27 heavy (non-hydrogen) atoms. The summed E-state index contributed by atoms with van der Waals surface area (Å²) in [6, 6.07) is 29.4. The van der Waals surface area contributed by atoms with E-state index < -0.39 is 0 Å². The Hall–Kier alpha value is -3.23. The van der Waals surface area contributed by atoms with Crippen molar-refractivity contribution in [2.75, 3.05) is 0 Å². The predicted molar refractivity (Wildman–Crippen MR) is 115 cm³/mol. The first-order valence-corrected chi connectivity index (χ1v) is 9.38. The first-order chi connectivity index (χ1) is 13.3. The largest absolute Gasteiger partial charge is 0.354 e. The smallest absolute Gasteiger partial charge is 0.0648 e. The zero-order valence-corrected chi connectivity index (χ0v) is 15.2. The molecule has 3 heteroatoms. The molecule has 6 rings (SSSR count). The Labute approximate surface area is 160 Å². The Morgan fingerprint density at radius 3 is 2.26 bits per heavy atom. The first kappa shape index (κ1) is 14.9. The van der Waals surface area contributed by atoms with Crippen LogP contribution in [0.25, 0.3) is 49.3 Å². The van der Waals surface area contributed by atoms with Crippen molar-refractivity contribution in [2.24, 2.45) is 0 Å². The van der Waals surface area contributed by atoms with Gasteiger partial charge in [0.1, 0.15) is 0 Å². The van der Waals surface area contributed by atoms with Gasteiger partial charge >= 0.3 is 0 Å². The zero-order chi connectivity index (χ0) is 18.0. The molecule has 0 aliphatic heterocycles. The number of aromatic nitrogens is 2. The number of hydrogen-bond acceptors (Lipinski definition) is 0. The Morgan fingerprint density at radius 1 is 0.630 bits per heavy atom. The lowest BCUT2D eigenvalue weighted by molar-refractivity contribution is 1.18.